The minimum Gasteiger partial charge on any atom is -0.489 e. The lowest BCUT2D eigenvalue weighted by molar-refractivity contribution is -0.274. The van der Waals surface area contributed by atoms with Gasteiger partial charge in [0.2, 0.25) is 5.91 Å². The molecule has 0 aliphatic rings. The first kappa shape index (κ1) is 20.3. The maximum absolute atomic E-state index is 13.4. The number of alkyl halides is 3. The smallest absolute Gasteiger partial charge is 0.489 e. The molecule has 0 heterocycles. The summed E-state index contributed by atoms with van der Waals surface area (Å²) in [5.41, 5.74) is 0.110. The minimum absolute atomic E-state index is 0.0603. The van der Waals surface area contributed by atoms with Crippen molar-refractivity contribution in [3.63, 3.8) is 0 Å². The summed E-state index contributed by atoms with van der Waals surface area (Å²) in [6.07, 6.45) is -2.46. The van der Waals surface area contributed by atoms with Crippen molar-refractivity contribution in [1.82, 2.24) is 4.90 Å². The predicted octanol–water partition coefficient (Wildman–Crippen LogP) is 4.27. The second-order valence-electron chi connectivity index (χ2n) is 5.46. The molecular formula is C19H17F4NO3. The zero-order valence-electron chi connectivity index (χ0n) is 14.4. The van der Waals surface area contributed by atoms with Crippen molar-refractivity contribution in [2.75, 3.05) is 20.2 Å². The molecule has 4 nitrogen and oxygen atoms in total. The number of ether oxygens (including phenoxy) is 2. The molecular weight excluding hydrogens is 366 g/mol. The van der Waals surface area contributed by atoms with Crippen LogP contribution in [0.15, 0.2) is 54.6 Å². The van der Waals surface area contributed by atoms with E-state index in [1.165, 1.54) is 54.4 Å². The second kappa shape index (κ2) is 9.07. The van der Waals surface area contributed by atoms with Crippen LogP contribution in [0, 0.1) is 5.82 Å². The standard InChI is InChI=1S/C19H17F4NO3/c1-24(12-13-26-17-9-5-3-7-15(17)20)18(25)11-10-14-6-2-4-8-16(14)27-19(21,22)23/h2-11H,12-13H2,1H3/b11-10+. The lowest BCUT2D eigenvalue weighted by Crippen LogP contribution is -2.29. The molecule has 0 aromatic heterocycles. The molecule has 1 amide bonds. The number of likely N-dealkylation sites (N-methyl/N-ethyl adjacent to an activating group) is 1. The molecule has 0 saturated carbocycles. The molecule has 0 radical (unpaired) electrons. The quantitative estimate of drug-likeness (QED) is 0.529. The van der Waals surface area contributed by atoms with E-state index >= 15 is 0 Å². The van der Waals surface area contributed by atoms with Gasteiger partial charge in [-0.05, 0) is 24.3 Å². The number of amides is 1. The van der Waals surface area contributed by atoms with Crippen LogP contribution < -0.4 is 9.47 Å². The summed E-state index contributed by atoms with van der Waals surface area (Å²) in [6.45, 7) is 0.225. The van der Waals surface area contributed by atoms with Gasteiger partial charge in [0.25, 0.3) is 0 Å². The lowest BCUT2D eigenvalue weighted by Gasteiger charge is -2.16. The van der Waals surface area contributed by atoms with Crippen LogP contribution in [-0.2, 0) is 4.79 Å². The fourth-order valence-electron chi connectivity index (χ4n) is 2.09. The van der Waals surface area contributed by atoms with Gasteiger partial charge in [-0.2, -0.15) is 0 Å². The average Bonchev–Trinajstić information content (AvgIpc) is 2.61. The highest BCUT2D eigenvalue weighted by atomic mass is 19.4. The second-order valence-corrected chi connectivity index (χ2v) is 5.46. The third kappa shape index (κ3) is 6.65. The highest BCUT2D eigenvalue weighted by Gasteiger charge is 2.31. The average molecular weight is 383 g/mol. The van der Waals surface area contributed by atoms with Crippen LogP contribution in [0.4, 0.5) is 17.6 Å². The SMILES string of the molecule is CN(CCOc1ccccc1F)C(=O)/C=C/c1ccccc1OC(F)(F)F. The van der Waals surface area contributed by atoms with Crippen molar-refractivity contribution in [1.29, 1.82) is 0 Å². The number of benzene rings is 2. The van der Waals surface area contributed by atoms with Gasteiger partial charge in [-0.3, -0.25) is 4.79 Å². The molecule has 0 bridgehead atoms. The fraction of sp³-hybridized carbons (Fsp3) is 0.211. The van der Waals surface area contributed by atoms with E-state index in [1.54, 1.807) is 6.07 Å². The maximum Gasteiger partial charge on any atom is 0.573 e. The van der Waals surface area contributed by atoms with Gasteiger partial charge < -0.3 is 14.4 Å². The number of rotatable bonds is 7. The number of para-hydroxylation sites is 2. The van der Waals surface area contributed by atoms with Gasteiger partial charge >= 0.3 is 6.36 Å². The van der Waals surface area contributed by atoms with E-state index in [1.807, 2.05) is 0 Å². The Labute approximate surface area is 153 Å². The Morgan fingerprint density at radius 2 is 1.70 bits per heavy atom. The Morgan fingerprint density at radius 1 is 1.07 bits per heavy atom. The summed E-state index contributed by atoms with van der Waals surface area (Å²) in [4.78, 5) is 13.4. The van der Waals surface area contributed by atoms with E-state index in [9.17, 15) is 22.4 Å². The van der Waals surface area contributed by atoms with E-state index in [2.05, 4.69) is 4.74 Å². The highest BCUT2D eigenvalue weighted by Crippen LogP contribution is 2.27. The van der Waals surface area contributed by atoms with Crippen molar-refractivity contribution in [2.45, 2.75) is 6.36 Å². The molecule has 144 valence electrons. The molecule has 2 aromatic rings. The summed E-state index contributed by atoms with van der Waals surface area (Å²) in [5.74, 6) is -1.28. The topological polar surface area (TPSA) is 38.8 Å². The Bertz CT molecular complexity index is 806. The van der Waals surface area contributed by atoms with Crippen LogP contribution >= 0.6 is 0 Å². The zero-order chi connectivity index (χ0) is 19.9. The van der Waals surface area contributed by atoms with Crippen molar-refractivity contribution in [2.24, 2.45) is 0 Å². The van der Waals surface area contributed by atoms with Gasteiger partial charge in [-0.15, -0.1) is 13.2 Å². The van der Waals surface area contributed by atoms with E-state index in [0.29, 0.717) is 0 Å². The predicted molar refractivity (Wildman–Crippen MR) is 91.7 cm³/mol. The normalized spacial score (nSPS) is 11.4. The Balaban J connectivity index is 1.91. The minimum atomic E-state index is -4.82. The number of carbonyl (C=O) groups excluding carboxylic acids is 1. The van der Waals surface area contributed by atoms with Crippen LogP contribution in [0.1, 0.15) is 5.56 Å². The molecule has 2 rings (SSSR count). The van der Waals surface area contributed by atoms with Gasteiger partial charge in [-0.1, -0.05) is 30.3 Å². The third-order valence-corrected chi connectivity index (χ3v) is 3.45. The molecule has 27 heavy (non-hydrogen) atoms. The maximum atomic E-state index is 13.4. The summed E-state index contributed by atoms with van der Waals surface area (Å²) in [7, 11) is 1.50. The monoisotopic (exact) mass is 383 g/mol. The number of halogens is 4. The lowest BCUT2D eigenvalue weighted by atomic mass is 10.2. The number of nitrogens with zero attached hydrogens (tertiary/aromatic N) is 1. The van der Waals surface area contributed by atoms with Crippen LogP contribution in [0.3, 0.4) is 0 Å². The summed E-state index contributed by atoms with van der Waals surface area (Å²) >= 11 is 0. The molecule has 0 spiro atoms. The Kier molecular flexibility index (Phi) is 6.81. The Hall–Kier alpha value is -3.03. The third-order valence-electron chi connectivity index (χ3n) is 3.45. The summed E-state index contributed by atoms with van der Waals surface area (Å²) in [6, 6.07) is 11.4. The van der Waals surface area contributed by atoms with Gasteiger partial charge in [-0.25, -0.2) is 4.39 Å². The first-order chi connectivity index (χ1) is 12.8. The van der Waals surface area contributed by atoms with E-state index in [4.69, 9.17) is 4.74 Å². The van der Waals surface area contributed by atoms with Crippen molar-refractivity contribution in [3.8, 4) is 11.5 Å². The molecule has 0 saturated heterocycles. The van der Waals surface area contributed by atoms with Crippen molar-refractivity contribution < 1.29 is 31.8 Å². The molecule has 2 aromatic carbocycles. The van der Waals surface area contributed by atoms with Crippen LogP contribution in [0.5, 0.6) is 11.5 Å². The van der Waals surface area contributed by atoms with Crippen molar-refractivity contribution >= 4 is 12.0 Å². The molecule has 0 fully saturated rings. The molecule has 8 heteroatoms. The highest BCUT2D eigenvalue weighted by molar-refractivity contribution is 5.92. The molecule has 0 unspecified atom stereocenters. The molecule has 0 aliphatic heterocycles. The first-order valence-corrected chi connectivity index (χ1v) is 7.91. The fourth-order valence-corrected chi connectivity index (χ4v) is 2.09. The van der Waals surface area contributed by atoms with Gasteiger partial charge in [0, 0.05) is 18.7 Å². The van der Waals surface area contributed by atoms with Crippen molar-refractivity contribution in [3.05, 3.63) is 66.0 Å². The summed E-state index contributed by atoms with van der Waals surface area (Å²) in [5, 5.41) is 0. The largest absolute Gasteiger partial charge is 0.573 e. The van der Waals surface area contributed by atoms with Gasteiger partial charge in [0.15, 0.2) is 11.6 Å². The van der Waals surface area contributed by atoms with E-state index in [0.717, 1.165) is 12.1 Å². The number of hydrogen-bond donors (Lipinski definition) is 0. The molecule has 0 aliphatic carbocycles. The van der Waals surface area contributed by atoms with E-state index in [-0.39, 0.29) is 24.5 Å². The van der Waals surface area contributed by atoms with Crippen LogP contribution in [-0.4, -0.2) is 37.4 Å². The Morgan fingerprint density at radius 3 is 2.37 bits per heavy atom. The summed E-state index contributed by atoms with van der Waals surface area (Å²) < 4.78 is 59.8. The van der Waals surface area contributed by atoms with Gasteiger partial charge in [0.1, 0.15) is 12.4 Å². The van der Waals surface area contributed by atoms with Crippen LogP contribution in [0.2, 0.25) is 0 Å². The van der Waals surface area contributed by atoms with Gasteiger partial charge in [0.05, 0.1) is 6.54 Å². The molecule has 0 N–H and O–H groups in total. The van der Waals surface area contributed by atoms with E-state index < -0.39 is 23.8 Å². The zero-order valence-corrected chi connectivity index (χ0v) is 14.4. The number of hydrogen-bond acceptors (Lipinski definition) is 3. The molecule has 0 atom stereocenters. The first-order valence-electron chi connectivity index (χ1n) is 7.91. The number of carbonyl (C=O) groups is 1. The van der Waals surface area contributed by atoms with Crippen LogP contribution in [0.25, 0.3) is 6.08 Å².